The van der Waals surface area contributed by atoms with Crippen molar-refractivity contribution in [3.05, 3.63) is 41.3 Å². The van der Waals surface area contributed by atoms with Crippen LogP contribution in [0.4, 0.5) is 0 Å². The molecule has 0 unspecified atom stereocenters. The Kier molecular flexibility index (Phi) is 7.60. The van der Waals surface area contributed by atoms with Gasteiger partial charge in [0.15, 0.2) is 5.60 Å². The van der Waals surface area contributed by atoms with Gasteiger partial charge < -0.3 is 13.9 Å². The third-order valence-electron chi connectivity index (χ3n) is 4.64. The molecule has 0 fully saturated rings. The van der Waals surface area contributed by atoms with E-state index in [2.05, 4.69) is 24.0 Å². The Hall–Kier alpha value is -2.14. The quantitative estimate of drug-likeness (QED) is 0.432. The van der Waals surface area contributed by atoms with Gasteiger partial charge >= 0.3 is 5.97 Å². The first-order chi connectivity index (χ1) is 12.8. The molecule has 0 aliphatic heterocycles. The molecule has 2 aromatic rings. The molecule has 1 aromatic heterocycles. The van der Waals surface area contributed by atoms with Crippen LogP contribution in [-0.2, 0) is 20.7 Å². The summed E-state index contributed by atoms with van der Waals surface area (Å²) in [5.41, 5.74) is 2.40. The molecule has 0 N–H and O–H groups in total. The first-order valence-electron chi connectivity index (χ1n) is 9.59. The van der Waals surface area contributed by atoms with Gasteiger partial charge in [0.25, 0.3) is 0 Å². The number of carbonyl (C=O) groups is 1. The predicted octanol–water partition coefficient (Wildman–Crippen LogP) is 5.03. The number of aromatic nitrogens is 1. The molecule has 1 heterocycles. The lowest BCUT2D eigenvalue weighted by molar-refractivity contribution is -0.165. The summed E-state index contributed by atoms with van der Waals surface area (Å²) in [6.07, 6.45) is 5.04. The molecule has 0 atom stereocenters. The summed E-state index contributed by atoms with van der Waals surface area (Å²) in [5, 5.41) is 0. The molecule has 0 saturated carbocycles. The van der Waals surface area contributed by atoms with Crippen molar-refractivity contribution >= 4 is 5.97 Å². The molecule has 0 aliphatic carbocycles. The Bertz CT molecular complexity index is 731. The molecule has 0 amide bonds. The van der Waals surface area contributed by atoms with Crippen molar-refractivity contribution in [3.8, 4) is 11.5 Å². The van der Waals surface area contributed by atoms with Crippen molar-refractivity contribution in [1.82, 2.24) is 4.98 Å². The lowest BCUT2D eigenvalue weighted by Gasteiger charge is -2.22. The number of esters is 1. The number of hydrogen-bond acceptors (Lipinski definition) is 5. The maximum Gasteiger partial charge on any atom is 0.337 e. The molecular formula is C22H31NO4. The third kappa shape index (κ3) is 6.21. The van der Waals surface area contributed by atoms with Crippen molar-refractivity contribution in [2.45, 2.75) is 65.4 Å². The molecule has 148 valence electrons. The Morgan fingerprint density at radius 3 is 2.41 bits per heavy atom. The Morgan fingerprint density at radius 2 is 1.74 bits per heavy atom. The highest BCUT2D eigenvalue weighted by molar-refractivity contribution is 5.78. The van der Waals surface area contributed by atoms with E-state index < -0.39 is 5.60 Å². The average Bonchev–Trinajstić information content (AvgIpc) is 3.01. The van der Waals surface area contributed by atoms with Gasteiger partial charge in [0, 0.05) is 12.2 Å². The van der Waals surface area contributed by atoms with Gasteiger partial charge in [-0.1, -0.05) is 30.5 Å². The van der Waals surface area contributed by atoms with Crippen LogP contribution >= 0.6 is 0 Å². The van der Waals surface area contributed by atoms with Crippen LogP contribution in [0, 0.1) is 13.8 Å². The normalized spacial score (nSPS) is 11.6. The summed E-state index contributed by atoms with van der Waals surface area (Å²) in [7, 11) is 1.38. The van der Waals surface area contributed by atoms with Crippen LogP contribution in [-0.4, -0.2) is 30.3 Å². The first kappa shape index (κ1) is 21.2. The lowest BCUT2D eigenvalue weighted by atomic mass is 10.1. The fourth-order valence-corrected chi connectivity index (χ4v) is 2.86. The molecule has 0 spiro atoms. The van der Waals surface area contributed by atoms with Gasteiger partial charge in [-0.15, -0.1) is 0 Å². The molecule has 0 bridgehead atoms. The van der Waals surface area contributed by atoms with Gasteiger partial charge in [-0.2, -0.15) is 0 Å². The highest BCUT2D eigenvalue weighted by Crippen LogP contribution is 2.23. The van der Waals surface area contributed by atoms with E-state index in [1.165, 1.54) is 12.7 Å². The summed E-state index contributed by atoms with van der Waals surface area (Å²) in [6, 6.07) is 8.22. The maximum absolute atomic E-state index is 11.5. The number of ether oxygens (including phenoxy) is 2. The van der Waals surface area contributed by atoms with E-state index in [1.54, 1.807) is 13.8 Å². The minimum atomic E-state index is -0.876. The highest BCUT2D eigenvalue weighted by Gasteiger charge is 2.29. The largest absolute Gasteiger partial charge is 0.467 e. The number of nitrogens with zero attached hydrogens (tertiary/aromatic N) is 1. The zero-order valence-corrected chi connectivity index (χ0v) is 17.1. The number of unbranched alkanes of at least 4 members (excludes halogenated alkanes) is 3. The zero-order valence-electron chi connectivity index (χ0n) is 17.1. The summed E-state index contributed by atoms with van der Waals surface area (Å²) < 4.78 is 16.2. The van der Waals surface area contributed by atoms with Gasteiger partial charge in [-0.3, -0.25) is 0 Å². The number of carbonyl (C=O) groups excluding carboxylic acids is 1. The van der Waals surface area contributed by atoms with Crippen LogP contribution in [0.2, 0.25) is 0 Å². The van der Waals surface area contributed by atoms with E-state index in [9.17, 15) is 4.79 Å². The van der Waals surface area contributed by atoms with E-state index >= 15 is 0 Å². The van der Waals surface area contributed by atoms with E-state index in [4.69, 9.17) is 13.9 Å². The monoisotopic (exact) mass is 373 g/mol. The molecule has 0 saturated heterocycles. The molecule has 1 aromatic carbocycles. The Balaban J connectivity index is 1.70. The first-order valence-corrected chi connectivity index (χ1v) is 9.59. The number of aryl methyl sites for hydroxylation is 3. The lowest BCUT2D eigenvalue weighted by Crippen LogP contribution is -2.36. The molecule has 5 nitrogen and oxygen atoms in total. The van der Waals surface area contributed by atoms with Crippen molar-refractivity contribution < 1.29 is 18.7 Å². The van der Waals surface area contributed by atoms with Crippen LogP contribution in [0.3, 0.4) is 0 Å². The van der Waals surface area contributed by atoms with E-state index in [0.717, 1.165) is 49.1 Å². The maximum atomic E-state index is 11.5. The standard InChI is InChI=1S/C22H31NO4/c1-16-11-13-18(14-12-16)20-23-19(17(2)27-20)10-8-6-7-9-15-26-22(3,4)21(24)25-5/h11-14H,6-10,15H2,1-5H3. The predicted molar refractivity (Wildman–Crippen MR) is 106 cm³/mol. The Labute approximate surface area is 162 Å². The molecular weight excluding hydrogens is 342 g/mol. The molecule has 5 heteroatoms. The smallest absolute Gasteiger partial charge is 0.337 e. The van der Waals surface area contributed by atoms with Crippen LogP contribution in [0.1, 0.15) is 56.5 Å². The molecule has 27 heavy (non-hydrogen) atoms. The van der Waals surface area contributed by atoms with Crippen molar-refractivity contribution in [1.29, 1.82) is 0 Å². The summed E-state index contributed by atoms with van der Waals surface area (Å²) in [6.45, 7) is 8.07. The second-order valence-electron chi connectivity index (χ2n) is 7.40. The van der Waals surface area contributed by atoms with Gasteiger partial charge in [0.05, 0.1) is 12.8 Å². The number of hydrogen-bond donors (Lipinski definition) is 0. The average molecular weight is 373 g/mol. The second kappa shape index (κ2) is 9.70. The van der Waals surface area contributed by atoms with Crippen molar-refractivity contribution in [2.75, 3.05) is 13.7 Å². The van der Waals surface area contributed by atoms with Gasteiger partial charge in [-0.05, 0) is 59.1 Å². The fourth-order valence-electron chi connectivity index (χ4n) is 2.86. The molecule has 0 aliphatic rings. The SMILES string of the molecule is COC(=O)C(C)(C)OCCCCCCc1nc(-c2ccc(C)cc2)oc1C. The number of methoxy groups -OCH3 is 1. The summed E-state index contributed by atoms with van der Waals surface area (Å²) in [5.74, 6) is 1.25. The minimum Gasteiger partial charge on any atom is -0.467 e. The van der Waals surface area contributed by atoms with Gasteiger partial charge in [0.2, 0.25) is 5.89 Å². The van der Waals surface area contributed by atoms with Gasteiger partial charge in [-0.25, -0.2) is 9.78 Å². The van der Waals surface area contributed by atoms with Crippen LogP contribution in [0.25, 0.3) is 11.5 Å². The van der Waals surface area contributed by atoms with Crippen LogP contribution in [0.15, 0.2) is 28.7 Å². The third-order valence-corrected chi connectivity index (χ3v) is 4.64. The molecule has 2 rings (SSSR count). The number of rotatable bonds is 10. The van der Waals surface area contributed by atoms with E-state index in [0.29, 0.717) is 12.5 Å². The van der Waals surface area contributed by atoms with Crippen LogP contribution < -0.4 is 0 Å². The van der Waals surface area contributed by atoms with E-state index in [-0.39, 0.29) is 5.97 Å². The number of oxazole rings is 1. The van der Waals surface area contributed by atoms with Crippen molar-refractivity contribution in [3.63, 3.8) is 0 Å². The number of benzene rings is 1. The highest BCUT2D eigenvalue weighted by atomic mass is 16.6. The topological polar surface area (TPSA) is 61.6 Å². The van der Waals surface area contributed by atoms with Crippen LogP contribution in [0.5, 0.6) is 0 Å². The second-order valence-corrected chi connectivity index (χ2v) is 7.40. The van der Waals surface area contributed by atoms with E-state index in [1.807, 2.05) is 19.1 Å². The fraction of sp³-hybridized carbons (Fsp3) is 0.545. The van der Waals surface area contributed by atoms with Crippen molar-refractivity contribution in [2.24, 2.45) is 0 Å². The Morgan fingerprint density at radius 1 is 1.07 bits per heavy atom. The zero-order chi connectivity index (χ0) is 19.9. The summed E-state index contributed by atoms with van der Waals surface area (Å²) >= 11 is 0. The summed E-state index contributed by atoms with van der Waals surface area (Å²) in [4.78, 5) is 16.2. The minimum absolute atomic E-state index is 0.339. The molecule has 0 radical (unpaired) electrons. The van der Waals surface area contributed by atoms with Gasteiger partial charge in [0.1, 0.15) is 5.76 Å².